The minimum Gasteiger partial charge on any atom is -0.336 e. The minimum absolute atomic E-state index is 0.00782. The molecule has 114 valence electrons. The molecule has 2 heterocycles. The standard InChI is InChI=1S/C18H13FN2OS/c1-12-9-14(10-20)18(13-4-6-15(19)7-5-13)21(12)11-16(22)17-3-2-8-23-17/h2-9H,11H2,1H3. The summed E-state index contributed by atoms with van der Waals surface area (Å²) in [5, 5.41) is 11.2. The van der Waals surface area contributed by atoms with E-state index in [1.165, 1.54) is 23.5 Å². The number of thiophene rings is 1. The number of aryl methyl sites for hydroxylation is 1. The fourth-order valence-electron chi connectivity index (χ4n) is 2.54. The number of Topliss-reactive ketones (excluding diaryl/α,β-unsaturated/α-hetero) is 1. The molecule has 0 aliphatic rings. The molecule has 0 spiro atoms. The van der Waals surface area contributed by atoms with E-state index in [9.17, 15) is 14.4 Å². The molecule has 0 aliphatic heterocycles. The molecule has 0 aliphatic carbocycles. The Morgan fingerprint density at radius 1 is 1.30 bits per heavy atom. The highest BCUT2D eigenvalue weighted by atomic mass is 32.1. The Morgan fingerprint density at radius 2 is 2.04 bits per heavy atom. The number of carbonyl (C=O) groups is 1. The summed E-state index contributed by atoms with van der Waals surface area (Å²) in [6, 6.07) is 13.5. The maximum atomic E-state index is 13.2. The first-order valence-electron chi connectivity index (χ1n) is 7.03. The average Bonchev–Trinajstić information content (AvgIpc) is 3.17. The van der Waals surface area contributed by atoms with E-state index in [0.717, 1.165) is 11.3 Å². The smallest absolute Gasteiger partial charge is 0.192 e. The molecule has 0 atom stereocenters. The van der Waals surface area contributed by atoms with Crippen LogP contribution in [-0.2, 0) is 6.54 Å². The van der Waals surface area contributed by atoms with Crippen LogP contribution in [0.25, 0.3) is 11.3 Å². The third-order valence-corrected chi connectivity index (χ3v) is 4.55. The van der Waals surface area contributed by atoms with Gasteiger partial charge in [-0.15, -0.1) is 11.3 Å². The molecular weight excluding hydrogens is 311 g/mol. The van der Waals surface area contributed by atoms with Gasteiger partial charge in [0.15, 0.2) is 5.78 Å². The summed E-state index contributed by atoms with van der Waals surface area (Å²) < 4.78 is 15.0. The van der Waals surface area contributed by atoms with Crippen molar-refractivity contribution in [3.8, 4) is 17.3 Å². The van der Waals surface area contributed by atoms with Gasteiger partial charge in [0, 0.05) is 5.69 Å². The maximum Gasteiger partial charge on any atom is 0.192 e. The highest BCUT2D eigenvalue weighted by Gasteiger charge is 2.18. The van der Waals surface area contributed by atoms with Crippen LogP contribution in [-0.4, -0.2) is 10.4 Å². The van der Waals surface area contributed by atoms with Crippen LogP contribution < -0.4 is 0 Å². The predicted molar refractivity (Wildman–Crippen MR) is 87.9 cm³/mol. The van der Waals surface area contributed by atoms with Crippen molar-refractivity contribution in [2.45, 2.75) is 13.5 Å². The van der Waals surface area contributed by atoms with Crippen LogP contribution in [0.2, 0.25) is 0 Å². The predicted octanol–water partition coefficient (Wildman–Crippen LogP) is 4.42. The Kier molecular flexibility index (Phi) is 4.09. The van der Waals surface area contributed by atoms with E-state index in [2.05, 4.69) is 6.07 Å². The lowest BCUT2D eigenvalue weighted by molar-refractivity contribution is 0.0976. The summed E-state index contributed by atoms with van der Waals surface area (Å²) in [4.78, 5) is 13.1. The van der Waals surface area contributed by atoms with E-state index in [-0.39, 0.29) is 18.1 Å². The molecule has 1 aromatic carbocycles. The first-order chi connectivity index (χ1) is 11.1. The van der Waals surface area contributed by atoms with Crippen molar-refractivity contribution in [3.63, 3.8) is 0 Å². The molecule has 3 rings (SSSR count). The van der Waals surface area contributed by atoms with E-state index in [0.29, 0.717) is 16.1 Å². The summed E-state index contributed by atoms with van der Waals surface area (Å²) in [6.07, 6.45) is 0. The third kappa shape index (κ3) is 2.94. The van der Waals surface area contributed by atoms with Gasteiger partial charge in [-0.1, -0.05) is 6.07 Å². The molecule has 0 fully saturated rings. The van der Waals surface area contributed by atoms with Crippen LogP contribution in [0.15, 0.2) is 47.8 Å². The van der Waals surface area contributed by atoms with Gasteiger partial charge in [-0.3, -0.25) is 4.79 Å². The molecule has 2 aromatic heterocycles. The Balaban J connectivity index is 2.06. The zero-order valence-electron chi connectivity index (χ0n) is 12.4. The van der Waals surface area contributed by atoms with E-state index in [4.69, 9.17) is 0 Å². The Labute approximate surface area is 137 Å². The molecule has 0 bridgehead atoms. The monoisotopic (exact) mass is 324 g/mol. The lowest BCUT2D eigenvalue weighted by Crippen LogP contribution is -2.11. The first-order valence-corrected chi connectivity index (χ1v) is 7.91. The van der Waals surface area contributed by atoms with Gasteiger partial charge >= 0.3 is 0 Å². The van der Waals surface area contributed by atoms with Crippen molar-refractivity contribution in [1.29, 1.82) is 5.26 Å². The van der Waals surface area contributed by atoms with E-state index >= 15 is 0 Å². The minimum atomic E-state index is -0.336. The van der Waals surface area contributed by atoms with Crippen molar-refractivity contribution >= 4 is 17.1 Å². The van der Waals surface area contributed by atoms with Crippen LogP contribution in [0, 0.1) is 24.1 Å². The number of hydrogen-bond acceptors (Lipinski definition) is 3. The van der Waals surface area contributed by atoms with Crippen molar-refractivity contribution in [3.05, 3.63) is 69.8 Å². The van der Waals surface area contributed by atoms with Gasteiger partial charge < -0.3 is 4.57 Å². The zero-order valence-corrected chi connectivity index (χ0v) is 13.2. The van der Waals surface area contributed by atoms with E-state index in [1.807, 2.05) is 22.9 Å². The molecule has 23 heavy (non-hydrogen) atoms. The Morgan fingerprint density at radius 3 is 2.65 bits per heavy atom. The second-order valence-corrected chi connectivity index (χ2v) is 6.10. The van der Waals surface area contributed by atoms with Crippen LogP contribution in [0.4, 0.5) is 4.39 Å². The van der Waals surface area contributed by atoms with Crippen LogP contribution in [0.1, 0.15) is 20.9 Å². The number of halogens is 1. The van der Waals surface area contributed by atoms with Crippen molar-refractivity contribution in [1.82, 2.24) is 4.57 Å². The van der Waals surface area contributed by atoms with Gasteiger partial charge in [0.25, 0.3) is 0 Å². The SMILES string of the molecule is Cc1cc(C#N)c(-c2ccc(F)cc2)n1CC(=O)c1cccs1. The van der Waals surface area contributed by atoms with Gasteiger partial charge in [0.2, 0.25) is 0 Å². The van der Waals surface area contributed by atoms with Crippen molar-refractivity contribution in [2.24, 2.45) is 0 Å². The number of aromatic nitrogens is 1. The highest BCUT2D eigenvalue weighted by molar-refractivity contribution is 7.12. The second-order valence-electron chi connectivity index (χ2n) is 5.15. The van der Waals surface area contributed by atoms with Gasteiger partial charge in [-0.25, -0.2) is 4.39 Å². The van der Waals surface area contributed by atoms with Crippen molar-refractivity contribution < 1.29 is 9.18 Å². The van der Waals surface area contributed by atoms with Gasteiger partial charge in [-0.2, -0.15) is 5.26 Å². The van der Waals surface area contributed by atoms with Crippen LogP contribution >= 0.6 is 11.3 Å². The highest BCUT2D eigenvalue weighted by Crippen LogP contribution is 2.28. The number of nitriles is 1. The number of ketones is 1. The largest absolute Gasteiger partial charge is 0.336 e. The molecule has 3 nitrogen and oxygen atoms in total. The quantitative estimate of drug-likeness (QED) is 0.667. The van der Waals surface area contributed by atoms with Gasteiger partial charge in [0.1, 0.15) is 11.9 Å². The number of hydrogen-bond donors (Lipinski definition) is 0. The Bertz CT molecular complexity index is 886. The van der Waals surface area contributed by atoms with Gasteiger partial charge in [-0.05, 0) is 54.3 Å². The van der Waals surface area contributed by atoms with Crippen LogP contribution in [0.5, 0.6) is 0 Å². The molecular formula is C18H13FN2OS. The lowest BCUT2D eigenvalue weighted by atomic mass is 10.1. The molecule has 5 heteroatoms. The number of rotatable bonds is 4. The summed E-state index contributed by atoms with van der Waals surface area (Å²) in [7, 11) is 0. The number of benzene rings is 1. The van der Waals surface area contributed by atoms with E-state index < -0.39 is 0 Å². The summed E-state index contributed by atoms with van der Waals surface area (Å²) in [6.45, 7) is 2.01. The topological polar surface area (TPSA) is 45.8 Å². The van der Waals surface area contributed by atoms with E-state index in [1.54, 1.807) is 24.3 Å². The zero-order chi connectivity index (χ0) is 16.4. The summed E-state index contributed by atoms with van der Waals surface area (Å²) in [5.41, 5.74) is 2.67. The molecule has 0 radical (unpaired) electrons. The molecule has 0 amide bonds. The van der Waals surface area contributed by atoms with Crippen molar-refractivity contribution in [2.75, 3.05) is 0 Å². The number of carbonyl (C=O) groups excluding carboxylic acids is 1. The lowest BCUT2D eigenvalue weighted by Gasteiger charge is -2.11. The third-order valence-electron chi connectivity index (χ3n) is 3.64. The fourth-order valence-corrected chi connectivity index (χ4v) is 3.20. The molecule has 3 aromatic rings. The first kappa shape index (κ1) is 15.2. The molecule has 0 unspecified atom stereocenters. The molecule has 0 N–H and O–H groups in total. The summed E-state index contributed by atoms with van der Waals surface area (Å²) in [5.74, 6) is -0.344. The second kappa shape index (κ2) is 6.19. The molecule has 0 saturated carbocycles. The van der Waals surface area contributed by atoms with Crippen LogP contribution in [0.3, 0.4) is 0 Å². The number of nitrogens with zero attached hydrogens (tertiary/aromatic N) is 2. The molecule has 0 saturated heterocycles. The van der Waals surface area contributed by atoms with Gasteiger partial charge in [0.05, 0.1) is 22.7 Å². The normalized spacial score (nSPS) is 10.5. The average molecular weight is 324 g/mol. The maximum absolute atomic E-state index is 13.2. The Hall–Kier alpha value is -2.71. The fraction of sp³-hybridized carbons (Fsp3) is 0.111. The summed E-state index contributed by atoms with van der Waals surface area (Å²) >= 11 is 1.39.